The minimum atomic E-state index is 0.197. The van der Waals surface area contributed by atoms with Crippen molar-refractivity contribution in [1.82, 2.24) is 0 Å². The highest BCUT2D eigenvalue weighted by Gasteiger charge is 2.13. The lowest BCUT2D eigenvalue weighted by atomic mass is 9.91. The molecule has 0 unspecified atom stereocenters. The molecule has 0 spiro atoms. The molecule has 0 atom stereocenters. The van der Waals surface area contributed by atoms with Crippen molar-refractivity contribution < 1.29 is 0 Å². The molecule has 0 radical (unpaired) electrons. The Kier molecular flexibility index (Phi) is 1.43. The molecule has 0 aromatic rings. The molecule has 1 heteroatoms. The van der Waals surface area contributed by atoms with Gasteiger partial charge in [0.25, 0.3) is 0 Å². The molecule has 1 heterocycles. The van der Waals surface area contributed by atoms with E-state index in [1.54, 1.807) is 0 Å². The lowest BCUT2D eigenvalue weighted by molar-refractivity contribution is 0.670. The number of hydrogen-bond donors (Lipinski definition) is 0. The van der Waals surface area contributed by atoms with E-state index in [0.29, 0.717) is 0 Å². The predicted octanol–water partition coefficient (Wildman–Crippen LogP) is 2.04. The van der Waals surface area contributed by atoms with Crippen LogP contribution in [0, 0.1) is 5.41 Å². The van der Waals surface area contributed by atoms with E-state index in [1.165, 1.54) is 5.57 Å². The fourth-order valence-electron chi connectivity index (χ4n) is 1.14. The Morgan fingerprint density at radius 1 is 1.56 bits per heavy atom. The Bertz CT molecular complexity index is 163. The molecule has 0 saturated heterocycles. The van der Waals surface area contributed by atoms with Gasteiger partial charge in [0.15, 0.2) is 0 Å². The van der Waals surface area contributed by atoms with Crippen LogP contribution >= 0.6 is 0 Å². The van der Waals surface area contributed by atoms with Crippen molar-refractivity contribution in [3.05, 3.63) is 11.6 Å². The van der Waals surface area contributed by atoms with Gasteiger partial charge >= 0.3 is 0 Å². The zero-order valence-electron chi connectivity index (χ0n) is 6.31. The van der Waals surface area contributed by atoms with E-state index < -0.39 is 0 Å². The van der Waals surface area contributed by atoms with Crippen molar-refractivity contribution in [1.29, 1.82) is 0 Å². The second kappa shape index (κ2) is 1.98. The van der Waals surface area contributed by atoms with Gasteiger partial charge in [0.2, 0.25) is 0 Å². The van der Waals surface area contributed by atoms with Crippen LogP contribution in [0.4, 0.5) is 0 Å². The van der Waals surface area contributed by atoms with Crippen molar-refractivity contribution in [2.24, 2.45) is 10.4 Å². The first-order valence-electron chi connectivity index (χ1n) is 3.29. The van der Waals surface area contributed by atoms with Crippen LogP contribution in [0.25, 0.3) is 0 Å². The molecule has 9 heavy (non-hydrogen) atoms. The third kappa shape index (κ3) is 1.67. The third-order valence-corrected chi connectivity index (χ3v) is 1.38. The van der Waals surface area contributed by atoms with Crippen LogP contribution in [-0.4, -0.2) is 12.8 Å². The maximum atomic E-state index is 4.22. The van der Waals surface area contributed by atoms with Crippen LogP contribution in [0.5, 0.6) is 0 Å². The van der Waals surface area contributed by atoms with Crippen molar-refractivity contribution >= 4 is 6.21 Å². The smallest absolute Gasteiger partial charge is 0.0593 e. The highest BCUT2D eigenvalue weighted by Crippen LogP contribution is 2.19. The summed E-state index contributed by atoms with van der Waals surface area (Å²) in [6, 6.07) is 0. The number of nitrogens with zero attached hydrogens (tertiary/aromatic N) is 1. The fourth-order valence-corrected chi connectivity index (χ4v) is 1.14. The van der Waals surface area contributed by atoms with Gasteiger partial charge in [0.1, 0.15) is 0 Å². The maximum Gasteiger partial charge on any atom is 0.0593 e. The summed E-state index contributed by atoms with van der Waals surface area (Å²) in [4.78, 5) is 4.22. The molecule has 1 rings (SSSR count). The van der Waals surface area contributed by atoms with Gasteiger partial charge in [-0.25, -0.2) is 0 Å². The Morgan fingerprint density at radius 3 is 2.56 bits per heavy atom. The number of hydrogen-bond acceptors (Lipinski definition) is 1. The monoisotopic (exact) mass is 123 g/mol. The lowest BCUT2D eigenvalue weighted by Gasteiger charge is -2.18. The van der Waals surface area contributed by atoms with Gasteiger partial charge in [0.05, 0.1) is 6.54 Å². The van der Waals surface area contributed by atoms with Crippen molar-refractivity contribution in [2.45, 2.75) is 20.8 Å². The van der Waals surface area contributed by atoms with Crippen LogP contribution < -0.4 is 0 Å². The van der Waals surface area contributed by atoms with E-state index >= 15 is 0 Å². The molecule has 1 aliphatic rings. The standard InChI is InChI=1S/C8H13N/c1-7-4-8(2,3)6-9-5-7/h4,6H,5H2,1-3H3. The molecule has 0 bridgehead atoms. The molecule has 0 aliphatic carbocycles. The van der Waals surface area contributed by atoms with Crippen LogP contribution in [0.2, 0.25) is 0 Å². The van der Waals surface area contributed by atoms with Crippen LogP contribution in [0.15, 0.2) is 16.6 Å². The van der Waals surface area contributed by atoms with E-state index in [9.17, 15) is 0 Å². The summed E-state index contributed by atoms with van der Waals surface area (Å²) in [5.74, 6) is 0. The summed E-state index contributed by atoms with van der Waals surface area (Å²) in [7, 11) is 0. The number of allylic oxidation sites excluding steroid dienone is 1. The van der Waals surface area contributed by atoms with Gasteiger partial charge in [-0.15, -0.1) is 0 Å². The highest BCUT2D eigenvalue weighted by molar-refractivity contribution is 5.69. The second-order valence-electron chi connectivity index (χ2n) is 3.28. The SMILES string of the molecule is CC1=CC(C)(C)C=NC1. The molecule has 50 valence electrons. The topological polar surface area (TPSA) is 12.4 Å². The van der Waals surface area contributed by atoms with Gasteiger partial charge in [-0.1, -0.05) is 25.5 Å². The zero-order chi connectivity index (χ0) is 6.91. The van der Waals surface area contributed by atoms with Crippen LogP contribution in [0.1, 0.15) is 20.8 Å². The predicted molar refractivity (Wildman–Crippen MR) is 40.9 cm³/mol. The molecule has 0 aromatic carbocycles. The fraction of sp³-hybridized carbons (Fsp3) is 0.625. The molecule has 1 nitrogen and oxygen atoms in total. The first-order chi connectivity index (χ1) is 4.10. The molecule has 1 aliphatic heterocycles. The maximum absolute atomic E-state index is 4.22. The summed E-state index contributed by atoms with van der Waals surface area (Å²) >= 11 is 0. The molecule has 0 saturated carbocycles. The normalized spacial score (nSPS) is 23.7. The molecule has 0 N–H and O–H groups in total. The summed E-state index contributed by atoms with van der Waals surface area (Å²) in [6.45, 7) is 7.35. The van der Waals surface area contributed by atoms with Gasteiger partial charge in [-0.05, 0) is 6.92 Å². The summed E-state index contributed by atoms with van der Waals surface area (Å²) < 4.78 is 0. The molecule has 0 fully saturated rings. The van der Waals surface area contributed by atoms with E-state index in [1.807, 2.05) is 6.21 Å². The molecular formula is C8H13N. The van der Waals surface area contributed by atoms with Gasteiger partial charge in [0, 0.05) is 11.6 Å². The van der Waals surface area contributed by atoms with Crippen molar-refractivity contribution in [3.8, 4) is 0 Å². The Balaban J connectivity index is 2.78. The van der Waals surface area contributed by atoms with Gasteiger partial charge in [-0.3, -0.25) is 4.99 Å². The first kappa shape index (κ1) is 6.53. The zero-order valence-corrected chi connectivity index (χ0v) is 6.31. The van der Waals surface area contributed by atoms with E-state index in [4.69, 9.17) is 0 Å². The number of aliphatic imine (C=N–C) groups is 1. The van der Waals surface area contributed by atoms with Gasteiger partial charge in [-0.2, -0.15) is 0 Å². The molecular weight excluding hydrogens is 110 g/mol. The van der Waals surface area contributed by atoms with Crippen LogP contribution in [-0.2, 0) is 0 Å². The van der Waals surface area contributed by atoms with E-state index in [0.717, 1.165) is 6.54 Å². The average molecular weight is 123 g/mol. The number of dihydropyridines is 1. The average Bonchev–Trinajstić information content (AvgIpc) is 1.60. The van der Waals surface area contributed by atoms with Crippen molar-refractivity contribution in [2.75, 3.05) is 6.54 Å². The first-order valence-corrected chi connectivity index (χ1v) is 3.29. The number of rotatable bonds is 0. The third-order valence-electron chi connectivity index (χ3n) is 1.38. The largest absolute Gasteiger partial charge is 0.292 e. The minimum Gasteiger partial charge on any atom is -0.292 e. The second-order valence-corrected chi connectivity index (χ2v) is 3.28. The lowest BCUT2D eigenvalue weighted by Crippen LogP contribution is -2.14. The van der Waals surface area contributed by atoms with Gasteiger partial charge < -0.3 is 0 Å². The Labute approximate surface area is 56.5 Å². The van der Waals surface area contributed by atoms with Crippen LogP contribution in [0.3, 0.4) is 0 Å². The van der Waals surface area contributed by atoms with E-state index in [-0.39, 0.29) is 5.41 Å². The summed E-state index contributed by atoms with van der Waals surface area (Å²) in [5, 5.41) is 0. The Morgan fingerprint density at radius 2 is 2.22 bits per heavy atom. The summed E-state index contributed by atoms with van der Waals surface area (Å²) in [6.07, 6.45) is 4.28. The molecule has 0 aromatic heterocycles. The van der Waals surface area contributed by atoms with E-state index in [2.05, 4.69) is 31.8 Å². The Hall–Kier alpha value is -0.590. The quantitative estimate of drug-likeness (QED) is 0.437. The highest BCUT2D eigenvalue weighted by atomic mass is 14.7. The van der Waals surface area contributed by atoms with Crippen molar-refractivity contribution in [3.63, 3.8) is 0 Å². The molecule has 0 amide bonds. The summed E-state index contributed by atoms with van der Waals surface area (Å²) in [5.41, 5.74) is 1.57. The minimum absolute atomic E-state index is 0.197.